The second-order valence-corrected chi connectivity index (χ2v) is 5.34. The lowest BCUT2D eigenvalue weighted by molar-refractivity contribution is 0.164. The Labute approximate surface area is 118 Å². The molecule has 102 valence electrons. The van der Waals surface area contributed by atoms with E-state index in [1.807, 2.05) is 18.5 Å². The molecule has 0 fully saturated rings. The number of aromatic nitrogens is 3. The van der Waals surface area contributed by atoms with E-state index < -0.39 is 0 Å². The molecule has 0 aliphatic rings. The summed E-state index contributed by atoms with van der Waals surface area (Å²) in [5, 5.41) is 9.42. The minimum Gasteiger partial charge on any atom is -0.381 e. The first-order valence-corrected chi connectivity index (χ1v) is 7.38. The van der Waals surface area contributed by atoms with Crippen molar-refractivity contribution in [1.29, 1.82) is 0 Å². The molecule has 0 N–H and O–H groups in total. The van der Waals surface area contributed by atoms with Gasteiger partial charge in [0.25, 0.3) is 0 Å². The van der Waals surface area contributed by atoms with Crippen LogP contribution in [0.1, 0.15) is 12.5 Å². The summed E-state index contributed by atoms with van der Waals surface area (Å²) in [6.07, 6.45) is 0. The molecule has 0 aliphatic carbocycles. The molecule has 0 unspecified atom stereocenters. The van der Waals surface area contributed by atoms with Gasteiger partial charge in [-0.2, -0.15) is 0 Å². The molecule has 0 spiro atoms. The molecule has 2 aromatic rings. The first kappa shape index (κ1) is 14.1. The zero-order valence-electron chi connectivity index (χ0n) is 11.6. The van der Waals surface area contributed by atoms with Crippen LogP contribution in [-0.2, 0) is 11.8 Å². The Kier molecular flexibility index (Phi) is 4.99. The van der Waals surface area contributed by atoms with Crippen molar-refractivity contribution >= 4 is 11.8 Å². The smallest absolute Gasteiger partial charge is 0.191 e. The van der Waals surface area contributed by atoms with Crippen molar-refractivity contribution in [2.24, 2.45) is 7.05 Å². The average molecular weight is 277 g/mol. The highest BCUT2D eigenvalue weighted by Crippen LogP contribution is 2.22. The first-order valence-electron chi connectivity index (χ1n) is 6.39. The summed E-state index contributed by atoms with van der Waals surface area (Å²) in [5.41, 5.74) is 2.34. The molecule has 0 atom stereocenters. The summed E-state index contributed by atoms with van der Waals surface area (Å²) in [4.78, 5) is 0. The molecule has 0 aliphatic heterocycles. The molecule has 4 nitrogen and oxygen atoms in total. The Hall–Kier alpha value is -1.33. The van der Waals surface area contributed by atoms with E-state index >= 15 is 0 Å². The predicted octanol–water partition coefficient (Wildman–Crippen LogP) is 2.92. The molecule has 19 heavy (non-hydrogen) atoms. The molecule has 1 aromatic carbocycles. The van der Waals surface area contributed by atoms with Crippen LogP contribution in [0, 0.1) is 6.92 Å². The van der Waals surface area contributed by atoms with E-state index in [-0.39, 0.29) is 0 Å². The molecule has 2 rings (SSSR count). The zero-order valence-corrected chi connectivity index (χ0v) is 12.4. The summed E-state index contributed by atoms with van der Waals surface area (Å²) < 4.78 is 7.35. The highest BCUT2D eigenvalue weighted by atomic mass is 32.2. The Bertz CT molecular complexity index is 522. The molecule has 0 radical (unpaired) electrons. The summed E-state index contributed by atoms with van der Waals surface area (Å²) in [7, 11) is 2.00. The summed E-state index contributed by atoms with van der Waals surface area (Å²) in [5.74, 6) is 1.80. The number of thioether (sulfide) groups is 1. The lowest BCUT2D eigenvalue weighted by atomic mass is 10.1. The van der Waals surface area contributed by atoms with Crippen LogP contribution in [-0.4, -0.2) is 33.7 Å². The number of aryl methyl sites for hydroxylation is 1. The number of hydrogen-bond donors (Lipinski definition) is 0. The van der Waals surface area contributed by atoms with E-state index in [4.69, 9.17) is 4.74 Å². The van der Waals surface area contributed by atoms with Crippen LogP contribution in [0.3, 0.4) is 0 Å². The Balaban J connectivity index is 2.07. The van der Waals surface area contributed by atoms with Crippen LogP contribution in [0.15, 0.2) is 29.4 Å². The lowest BCUT2D eigenvalue weighted by Gasteiger charge is -2.04. The van der Waals surface area contributed by atoms with E-state index in [0.29, 0.717) is 0 Å². The molecular formula is C14H19N3OS. The third kappa shape index (κ3) is 3.58. The van der Waals surface area contributed by atoms with Crippen LogP contribution >= 0.6 is 11.8 Å². The topological polar surface area (TPSA) is 39.9 Å². The van der Waals surface area contributed by atoms with Crippen molar-refractivity contribution in [3.8, 4) is 11.4 Å². The third-order valence-corrected chi connectivity index (χ3v) is 3.79. The van der Waals surface area contributed by atoms with Gasteiger partial charge in [-0.05, 0) is 13.8 Å². The van der Waals surface area contributed by atoms with Gasteiger partial charge >= 0.3 is 0 Å². The van der Waals surface area contributed by atoms with Crippen molar-refractivity contribution in [3.63, 3.8) is 0 Å². The summed E-state index contributed by atoms with van der Waals surface area (Å²) in [6.45, 7) is 5.58. The van der Waals surface area contributed by atoms with Gasteiger partial charge in [0.15, 0.2) is 11.0 Å². The van der Waals surface area contributed by atoms with Gasteiger partial charge in [0.1, 0.15) is 0 Å². The molecule has 0 bridgehead atoms. The van der Waals surface area contributed by atoms with Gasteiger partial charge < -0.3 is 9.30 Å². The lowest BCUT2D eigenvalue weighted by Crippen LogP contribution is -1.99. The average Bonchev–Trinajstić information content (AvgIpc) is 2.77. The SMILES string of the molecule is CCOCCSc1nnc(-c2ccc(C)cc2)n1C. The highest BCUT2D eigenvalue weighted by Gasteiger charge is 2.10. The number of rotatable bonds is 6. The van der Waals surface area contributed by atoms with Crippen LogP contribution in [0.2, 0.25) is 0 Å². The van der Waals surface area contributed by atoms with Crippen LogP contribution < -0.4 is 0 Å². The minimum absolute atomic E-state index is 0.744. The van der Waals surface area contributed by atoms with Gasteiger partial charge in [-0.3, -0.25) is 0 Å². The van der Waals surface area contributed by atoms with E-state index in [9.17, 15) is 0 Å². The maximum absolute atomic E-state index is 5.32. The number of nitrogens with zero attached hydrogens (tertiary/aromatic N) is 3. The van der Waals surface area contributed by atoms with Gasteiger partial charge in [0.2, 0.25) is 0 Å². The number of ether oxygens (including phenoxy) is 1. The molecule has 5 heteroatoms. The van der Waals surface area contributed by atoms with Gasteiger partial charge in [-0.25, -0.2) is 0 Å². The fourth-order valence-electron chi connectivity index (χ4n) is 1.73. The monoisotopic (exact) mass is 277 g/mol. The number of hydrogen-bond acceptors (Lipinski definition) is 4. The van der Waals surface area contributed by atoms with Crippen molar-refractivity contribution in [2.45, 2.75) is 19.0 Å². The minimum atomic E-state index is 0.744. The maximum atomic E-state index is 5.32. The zero-order chi connectivity index (χ0) is 13.7. The van der Waals surface area contributed by atoms with Gasteiger partial charge in [-0.1, -0.05) is 41.6 Å². The molecule has 0 amide bonds. The van der Waals surface area contributed by atoms with Crippen molar-refractivity contribution < 1.29 is 4.74 Å². The quantitative estimate of drug-likeness (QED) is 0.601. The molecule has 0 saturated heterocycles. The van der Waals surface area contributed by atoms with E-state index in [1.165, 1.54) is 5.56 Å². The predicted molar refractivity (Wildman–Crippen MR) is 78.4 cm³/mol. The van der Waals surface area contributed by atoms with E-state index in [1.54, 1.807) is 11.8 Å². The molecule has 1 heterocycles. The van der Waals surface area contributed by atoms with E-state index in [0.717, 1.165) is 35.5 Å². The van der Waals surface area contributed by atoms with Crippen LogP contribution in [0.4, 0.5) is 0 Å². The Morgan fingerprint density at radius 1 is 1.21 bits per heavy atom. The fourth-order valence-corrected chi connectivity index (χ4v) is 2.49. The molecular weight excluding hydrogens is 258 g/mol. The summed E-state index contributed by atoms with van der Waals surface area (Å²) in [6, 6.07) is 8.33. The van der Waals surface area contributed by atoms with Gasteiger partial charge in [0.05, 0.1) is 6.61 Å². The first-order chi connectivity index (χ1) is 9.22. The largest absolute Gasteiger partial charge is 0.381 e. The van der Waals surface area contributed by atoms with Crippen molar-refractivity contribution in [2.75, 3.05) is 19.0 Å². The molecule has 0 saturated carbocycles. The molecule has 1 aromatic heterocycles. The normalized spacial score (nSPS) is 10.9. The summed E-state index contributed by atoms with van der Waals surface area (Å²) >= 11 is 1.67. The standard InChI is InChI=1S/C14H19N3OS/c1-4-18-9-10-19-14-16-15-13(17(14)3)12-7-5-11(2)6-8-12/h5-8H,4,9-10H2,1-3H3. The van der Waals surface area contributed by atoms with Crippen molar-refractivity contribution in [1.82, 2.24) is 14.8 Å². The van der Waals surface area contributed by atoms with Gasteiger partial charge in [-0.15, -0.1) is 10.2 Å². The highest BCUT2D eigenvalue weighted by molar-refractivity contribution is 7.99. The third-order valence-electron chi connectivity index (χ3n) is 2.81. The van der Waals surface area contributed by atoms with Crippen molar-refractivity contribution in [3.05, 3.63) is 29.8 Å². The second-order valence-electron chi connectivity index (χ2n) is 4.28. The van der Waals surface area contributed by atoms with Crippen LogP contribution in [0.5, 0.6) is 0 Å². The number of benzene rings is 1. The van der Waals surface area contributed by atoms with Crippen LogP contribution in [0.25, 0.3) is 11.4 Å². The Morgan fingerprint density at radius 3 is 2.63 bits per heavy atom. The fraction of sp³-hybridized carbons (Fsp3) is 0.429. The Morgan fingerprint density at radius 2 is 1.95 bits per heavy atom. The van der Waals surface area contributed by atoms with Gasteiger partial charge in [0, 0.05) is 25.0 Å². The van der Waals surface area contributed by atoms with E-state index in [2.05, 4.69) is 41.4 Å². The maximum Gasteiger partial charge on any atom is 0.191 e. The second kappa shape index (κ2) is 6.73.